The van der Waals surface area contributed by atoms with Gasteiger partial charge in [-0.2, -0.15) is 5.26 Å². The number of aromatic nitrogens is 3. The van der Waals surface area contributed by atoms with Crippen molar-refractivity contribution < 1.29 is 4.39 Å². The van der Waals surface area contributed by atoms with E-state index in [1.54, 1.807) is 18.5 Å². The van der Waals surface area contributed by atoms with E-state index in [9.17, 15) is 9.65 Å². The molecule has 26 heavy (non-hydrogen) atoms. The molecule has 1 aromatic carbocycles. The highest BCUT2D eigenvalue weighted by molar-refractivity contribution is 6.33. The molecule has 3 rings (SSSR count). The monoisotopic (exact) mass is 367 g/mol. The molecule has 0 bridgehead atoms. The van der Waals surface area contributed by atoms with E-state index in [2.05, 4.69) is 26.3 Å². The average molecular weight is 368 g/mol. The second-order valence-electron chi connectivity index (χ2n) is 5.75. The highest BCUT2D eigenvalue weighted by atomic mass is 35.5. The molecule has 0 spiro atoms. The van der Waals surface area contributed by atoms with Crippen molar-refractivity contribution in [1.29, 1.82) is 5.26 Å². The van der Waals surface area contributed by atoms with Crippen molar-refractivity contribution in [3.8, 4) is 17.3 Å². The van der Waals surface area contributed by atoms with Crippen LogP contribution < -0.4 is 5.32 Å². The molecule has 2 aromatic heterocycles. The molecule has 1 N–H and O–H groups in total. The summed E-state index contributed by atoms with van der Waals surface area (Å²) >= 11 is 6.16. The fourth-order valence-electron chi connectivity index (χ4n) is 2.68. The number of nitrogens with zero attached hydrogens (tertiary/aromatic N) is 4. The zero-order valence-corrected chi connectivity index (χ0v) is 15.0. The molecular weight excluding hydrogens is 353 g/mol. The maximum Gasteiger partial charge on any atom is 0.144 e. The molecular formula is C19H15ClFN5. The lowest BCUT2D eigenvalue weighted by Gasteiger charge is -2.12. The molecule has 0 saturated carbocycles. The Morgan fingerprint density at radius 1 is 1.19 bits per heavy atom. The minimum absolute atomic E-state index is 0.258. The summed E-state index contributed by atoms with van der Waals surface area (Å²) in [5.41, 5.74) is 3.90. The molecule has 0 aliphatic carbocycles. The zero-order chi connectivity index (χ0) is 18.7. The van der Waals surface area contributed by atoms with Crippen molar-refractivity contribution in [2.45, 2.75) is 20.4 Å². The van der Waals surface area contributed by atoms with Gasteiger partial charge in [0.05, 0.1) is 28.5 Å². The van der Waals surface area contributed by atoms with Crippen LogP contribution in [0.5, 0.6) is 0 Å². The smallest absolute Gasteiger partial charge is 0.144 e. The first kappa shape index (κ1) is 17.8. The van der Waals surface area contributed by atoms with E-state index in [1.165, 1.54) is 12.1 Å². The van der Waals surface area contributed by atoms with Crippen LogP contribution in [0.25, 0.3) is 11.3 Å². The van der Waals surface area contributed by atoms with E-state index < -0.39 is 5.82 Å². The first-order valence-corrected chi connectivity index (χ1v) is 8.25. The van der Waals surface area contributed by atoms with Gasteiger partial charge < -0.3 is 5.32 Å². The Balaban J connectivity index is 1.95. The highest BCUT2D eigenvalue weighted by Gasteiger charge is 2.14. The van der Waals surface area contributed by atoms with Crippen molar-refractivity contribution in [3.05, 3.63) is 70.0 Å². The summed E-state index contributed by atoms with van der Waals surface area (Å²) in [6.45, 7) is 4.03. The van der Waals surface area contributed by atoms with Crippen LogP contribution in [0.1, 0.15) is 22.5 Å². The standard InChI is InChI=1S/C19H15ClFN5/c1-11-7-12(2)26-19(15(11)9-22)25-10-17-18(24-6-5-23-17)14-4-3-13(21)8-16(14)20/h3-8H,10H2,1-2H3,(H,25,26). The first-order valence-electron chi connectivity index (χ1n) is 7.87. The van der Waals surface area contributed by atoms with E-state index >= 15 is 0 Å². The molecule has 5 nitrogen and oxygen atoms in total. The van der Waals surface area contributed by atoms with E-state index in [0.717, 1.165) is 11.3 Å². The largest absolute Gasteiger partial charge is 0.363 e. The van der Waals surface area contributed by atoms with Crippen molar-refractivity contribution >= 4 is 17.4 Å². The van der Waals surface area contributed by atoms with Gasteiger partial charge in [0.1, 0.15) is 17.7 Å². The fraction of sp³-hybridized carbons (Fsp3) is 0.158. The lowest BCUT2D eigenvalue weighted by Crippen LogP contribution is -2.09. The maximum absolute atomic E-state index is 13.3. The van der Waals surface area contributed by atoms with E-state index in [-0.39, 0.29) is 5.02 Å². The van der Waals surface area contributed by atoms with Crippen molar-refractivity contribution in [1.82, 2.24) is 15.0 Å². The molecule has 0 fully saturated rings. The van der Waals surface area contributed by atoms with Crippen LogP contribution in [0.2, 0.25) is 5.02 Å². The van der Waals surface area contributed by atoms with Gasteiger partial charge in [-0.1, -0.05) is 11.6 Å². The minimum Gasteiger partial charge on any atom is -0.363 e. The number of nitriles is 1. The number of anilines is 1. The number of aryl methyl sites for hydroxylation is 2. The van der Waals surface area contributed by atoms with E-state index in [1.807, 2.05) is 19.9 Å². The highest BCUT2D eigenvalue weighted by Crippen LogP contribution is 2.29. The van der Waals surface area contributed by atoms with Crippen LogP contribution >= 0.6 is 11.6 Å². The molecule has 0 unspecified atom stereocenters. The third kappa shape index (κ3) is 3.63. The zero-order valence-electron chi connectivity index (χ0n) is 14.2. The molecule has 7 heteroatoms. The van der Waals surface area contributed by atoms with Gasteiger partial charge in [-0.3, -0.25) is 9.97 Å². The SMILES string of the molecule is Cc1cc(C)c(C#N)c(NCc2nccnc2-c2ccc(F)cc2Cl)n1. The van der Waals surface area contributed by atoms with Gasteiger partial charge in [-0.25, -0.2) is 9.37 Å². The summed E-state index contributed by atoms with van der Waals surface area (Å²) < 4.78 is 13.3. The van der Waals surface area contributed by atoms with Crippen molar-refractivity contribution in [2.24, 2.45) is 0 Å². The number of nitrogens with one attached hydrogen (secondary N) is 1. The van der Waals surface area contributed by atoms with Gasteiger partial charge in [-0.05, 0) is 43.7 Å². The van der Waals surface area contributed by atoms with Crippen molar-refractivity contribution in [3.63, 3.8) is 0 Å². The van der Waals surface area contributed by atoms with Crippen LogP contribution in [0, 0.1) is 31.0 Å². The Hall–Kier alpha value is -3.04. The third-order valence-corrected chi connectivity index (χ3v) is 4.15. The molecule has 0 aliphatic rings. The molecule has 0 radical (unpaired) electrons. The van der Waals surface area contributed by atoms with Crippen LogP contribution in [0.15, 0.2) is 36.7 Å². The van der Waals surface area contributed by atoms with Crippen LogP contribution in [0.3, 0.4) is 0 Å². The molecule has 0 aliphatic heterocycles. The van der Waals surface area contributed by atoms with E-state index in [0.29, 0.717) is 34.9 Å². The average Bonchev–Trinajstić information content (AvgIpc) is 2.60. The third-order valence-electron chi connectivity index (χ3n) is 3.84. The molecule has 0 atom stereocenters. The summed E-state index contributed by atoms with van der Waals surface area (Å²) in [5.74, 6) is 0.0761. The minimum atomic E-state index is -0.416. The Morgan fingerprint density at radius 3 is 2.69 bits per heavy atom. The van der Waals surface area contributed by atoms with Crippen LogP contribution in [-0.2, 0) is 6.54 Å². The van der Waals surface area contributed by atoms with Gasteiger partial charge in [-0.15, -0.1) is 0 Å². The molecule has 3 aromatic rings. The summed E-state index contributed by atoms with van der Waals surface area (Å²) in [7, 11) is 0. The molecule has 0 amide bonds. The summed E-state index contributed by atoms with van der Waals surface area (Å²) in [6.07, 6.45) is 3.12. The Morgan fingerprint density at radius 2 is 1.96 bits per heavy atom. The second kappa shape index (κ2) is 7.46. The summed E-state index contributed by atoms with van der Waals surface area (Å²) in [6, 6.07) is 8.16. The van der Waals surface area contributed by atoms with Crippen LogP contribution in [0.4, 0.5) is 10.2 Å². The lowest BCUT2D eigenvalue weighted by atomic mass is 10.1. The number of hydrogen-bond acceptors (Lipinski definition) is 5. The van der Waals surface area contributed by atoms with Gasteiger partial charge in [0.15, 0.2) is 0 Å². The molecule has 130 valence electrons. The van der Waals surface area contributed by atoms with Gasteiger partial charge in [0.25, 0.3) is 0 Å². The number of hydrogen-bond donors (Lipinski definition) is 1. The quantitative estimate of drug-likeness (QED) is 0.738. The summed E-state index contributed by atoms with van der Waals surface area (Å²) in [5, 5.41) is 12.8. The Bertz CT molecular complexity index is 1010. The lowest BCUT2D eigenvalue weighted by molar-refractivity contribution is 0.628. The normalized spacial score (nSPS) is 10.4. The number of benzene rings is 1. The Labute approximate surface area is 155 Å². The summed E-state index contributed by atoms with van der Waals surface area (Å²) in [4.78, 5) is 13.1. The number of pyridine rings is 1. The van der Waals surface area contributed by atoms with Gasteiger partial charge in [0.2, 0.25) is 0 Å². The van der Waals surface area contributed by atoms with E-state index in [4.69, 9.17) is 11.6 Å². The molecule has 0 saturated heterocycles. The van der Waals surface area contributed by atoms with Gasteiger partial charge >= 0.3 is 0 Å². The Kier molecular flexibility index (Phi) is 5.10. The number of halogens is 2. The fourth-order valence-corrected chi connectivity index (χ4v) is 2.93. The maximum atomic E-state index is 13.3. The first-order chi connectivity index (χ1) is 12.5. The molecule has 2 heterocycles. The second-order valence-corrected chi connectivity index (χ2v) is 6.15. The predicted octanol–water partition coefficient (Wildman–Crippen LogP) is 4.43. The predicted molar refractivity (Wildman–Crippen MR) is 98.2 cm³/mol. The topological polar surface area (TPSA) is 74.5 Å². The number of rotatable bonds is 4. The van der Waals surface area contributed by atoms with Gasteiger partial charge in [0, 0.05) is 23.7 Å². The van der Waals surface area contributed by atoms with Crippen molar-refractivity contribution in [2.75, 3.05) is 5.32 Å². The van der Waals surface area contributed by atoms with Crippen LogP contribution in [-0.4, -0.2) is 15.0 Å².